The van der Waals surface area contributed by atoms with Crippen molar-refractivity contribution in [2.75, 3.05) is 32.6 Å². The molecule has 1 heterocycles. The number of anilines is 1. The fourth-order valence-electron chi connectivity index (χ4n) is 3.59. The molecule has 0 aliphatic carbocycles. The zero-order valence-corrected chi connectivity index (χ0v) is 19.5. The molecular weight excluding hydrogens is 432 g/mol. The van der Waals surface area contributed by atoms with Crippen LogP contribution in [-0.4, -0.2) is 51.9 Å². The molecule has 9 heteroatoms. The quantitative estimate of drug-likeness (QED) is 0.663. The van der Waals surface area contributed by atoms with Gasteiger partial charge in [0.2, 0.25) is 10.0 Å². The molecule has 0 radical (unpaired) electrons. The van der Waals surface area contributed by atoms with E-state index in [2.05, 4.69) is 12.2 Å². The van der Waals surface area contributed by atoms with Crippen molar-refractivity contribution in [1.29, 1.82) is 0 Å². The van der Waals surface area contributed by atoms with E-state index in [0.29, 0.717) is 24.7 Å². The van der Waals surface area contributed by atoms with Gasteiger partial charge in [0.1, 0.15) is 5.75 Å². The minimum Gasteiger partial charge on any atom is -0.496 e. The summed E-state index contributed by atoms with van der Waals surface area (Å²) in [5, 5.41) is 2.75. The number of hydrogen-bond acceptors (Lipinski definition) is 6. The molecule has 32 heavy (non-hydrogen) atoms. The highest BCUT2D eigenvalue weighted by Crippen LogP contribution is 2.28. The van der Waals surface area contributed by atoms with E-state index in [1.54, 1.807) is 19.1 Å². The van der Waals surface area contributed by atoms with Gasteiger partial charge in [-0.3, -0.25) is 4.79 Å². The second kappa shape index (κ2) is 9.70. The van der Waals surface area contributed by atoms with Gasteiger partial charge >= 0.3 is 5.97 Å². The number of nitrogens with zero attached hydrogens (tertiary/aromatic N) is 1. The van der Waals surface area contributed by atoms with E-state index in [0.717, 1.165) is 18.4 Å². The number of ether oxygens (including phenoxy) is 2. The number of nitrogens with one attached hydrogen (secondary N) is 1. The van der Waals surface area contributed by atoms with E-state index in [1.807, 2.05) is 0 Å². The standard InChI is InChI=1S/C23H28N2O6S/c1-15-9-11-25(12-10-15)32(28,29)18-7-8-21(30-3)19(14-18)22(26)24-20-13-17(23(27)31-4)6-5-16(20)2/h5-8,13-15H,9-12H2,1-4H3,(H,24,26). The van der Waals surface area contributed by atoms with Crippen LogP contribution in [0.2, 0.25) is 0 Å². The van der Waals surface area contributed by atoms with Crippen molar-refractivity contribution in [3.8, 4) is 5.75 Å². The average Bonchev–Trinajstić information content (AvgIpc) is 2.79. The lowest BCUT2D eigenvalue weighted by atomic mass is 10.0. The lowest BCUT2D eigenvalue weighted by molar-refractivity contribution is 0.0600. The molecule has 8 nitrogen and oxygen atoms in total. The maximum Gasteiger partial charge on any atom is 0.337 e. The Balaban J connectivity index is 1.92. The number of methoxy groups -OCH3 is 2. The number of benzene rings is 2. The summed E-state index contributed by atoms with van der Waals surface area (Å²) >= 11 is 0. The Hall–Kier alpha value is -2.91. The molecule has 1 saturated heterocycles. The van der Waals surface area contributed by atoms with Crippen LogP contribution in [0.1, 0.15) is 46.0 Å². The smallest absolute Gasteiger partial charge is 0.337 e. The van der Waals surface area contributed by atoms with E-state index in [9.17, 15) is 18.0 Å². The molecule has 0 aromatic heterocycles. The number of piperidine rings is 1. The van der Waals surface area contributed by atoms with Gasteiger partial charge in [-0.25, -0.2) is 13.2 Å². The van der Waals surface area contributed by atoms with Crippen LogP contribution in [0.3, 0.4) is 0 Å². The largest absolute Gasteiger partial charge is 0.496 e. The summed E-state index contributed by atoms with van der Waals surface area (Å²) < 4.78 is 37.8. The lowest BCUT2D eigenvalue weighted by Gasteiger charge is -2.29. The Bertz CT molecular complexity index is 1120. The van der Waals surface area contributed by atoms with Crippen molar-refractivity contribution in [3.63, 3.8) is 0 Å². The van der Waals surface area contributed by atoms with E-state index in [4.69, 9.17) is 9.47 Å². The molecule has 1 fully saturated rings. The maximum absolute atomic E-state index is 13.1. The highest BCUT2D eigenvalue weighted by Gasteiger charge is 2.29. The number of rotatable bonds is 6. The van der Waals surface area contributed by atoms with Crippen LogP contribution in [-0.2, 0) is 14.8 Å². The third kappa shape index (κ3) is 4.94. The first-order valence-corrected chi connectivity index (χ1v) is 11.8. The van der Waals surface area contributed by atoms with Gasteiger partial charge in [-0.2, -0.15) is 4.31 Å². The first kappa shape index (κ1) is 23.7. The second-order valence-electron chi connectivity index (χ2n) is 7.92. The summed E-state index contributed by atoms with van der Waals surface area (Å²) in [4.78, 5) is 25.0. The number of esters is 1. The molecule has 0 saturated carbocycles. The summed E-state index contributed by atoms with van der Waals surface area (Å²) in [7, 11) is -1.04. The van der Waals surface area contributed by atoms with E-state index in [1.165, 1.54) is 42.8 Å². The third-order valence-corrected chi connectivity index (χ3v) is 7.60. The van der Waals surface area contributed by atoms with Crippen molar-refractivity contribution >= 4 is 27.6 Å². The van der Waals surface area contributed by atoms with Gasteiger partial charge in [0.25, 0.3) is 5.91 Å². The van der Waals surface area contributed by atoms with Crippen LogP contribution in [0.25, 0.3) is 0 Å². The zero-order valence-electron chi connectivity index (χ0n) is 18.7. The van der Waals surface area contributed by atoms with Gasteiger partial charge in [-0.15, -0.1) is 0 Å². The third-order valence-electron chi connectivity index (χ3n) is 5.70. The lowest BCUT2D eigenvalue weighted by Crippen LogP contribution is -2.37. The molecule has 0 unspecified atom stereocenters. The summed E-state index contributed by atoms with van der Waals surface area (Å²) in [6.45, 7) is 4.80. The molecule has 0 bridgehead atoms. The Kier molecular flexibility index (Phi) is 7.20. The summed E-state index contributed by atoms with van der Waals surface area (Å²) in [6, 6.07) is 9.07. The van der Waals surface area contributed by atoms with Gasteiger partial charge in [-0.05, 0) is 61.6 Å². The van der Waals surface area contributed by atoms with E-state index < -0.39 is 21.9 Å². The van der Waals surface area contributed by atoms with Crippen molar-refractivity contribution in [2.24, 2.45) is 5.92 Å². The number of sulfonamides is 1. The second-order valence-corrected chi connectivity index (χ2v) is 9.86. The Morgan fingerprint density at radius 1 is 1.06 bits per heavy atom. The Morgan fingerprint density at radius 2 is 1.75 bits per heavy atom. The number of carbonyl (C=O) groups is 2. The predicted octanol–water partition coefficient (Wildman–Crippen LogP) is 3.46. The molecule has 3 rings (SSSR count). The first-order chi connectivity index (χ1) is 15.2. The summed E-state index contributed by atoms with van der Waals surface area (Å²) in [5.74, 6) is -0.337. The highest BCUT2D eigenvalue weighted by atomic mass is 32.2. The minimum absolute atomic E-state index is 0.0398. The maximum atomic E-state index is 13.1. The van der Waals surface area contributed by atoms with Gasteiger partial charge < -0.3 is 14.8 Å². The molecule has 1 aliphatic rings. The summed E-state index contributed by atoms with van der Waals surface area (Å²) in [6.07, 6.45) is 1.61. The fourth-order valence-corrected chi connectivity index (χ4v) is 5.09. The molecule has 172 valence electrons. The molecular formula is C23H28N2O6S. The first-order valence-electron chi connectivity index (χ1n) is 10.4. The monoisotopic (exact) mass is 460 g/mol. The number of aryl methyl sites for hydroxylation is 1. The van der Waals surface area contributed by atoms with Crippen LogP contribution in [0.5, 0.6) is 5.75 Å². The van der Waals surface area contributed by atoms with Crippen molar-refractivity contribution in [2.45, 2.75) is 31.6 Å². The predicted molar refractivity (Wildman–Crippen MR) is 121 cm³/mol. The van der Waals surface area contributed by atoms with Gasteiger partial charge in [0, 0.05) is 18.8 Å². The van der Waals surface area contributed by atoms with Crippen LogP contribution >= 0.6 is 0 Å². The topological polar surface area (TPSA) is 102 Å². The molecule has 1 amide bonds. The number of hydrogen-bond donors (Lipinski definition) is 1. The van der Waals surface area contributed by atoms with Gasteiger partial charge in [0.15, 0.2) is 0 Å². The molecule has 2 aromatic carbocycles. The number of carbonyl (C=O) groups excluding carboxylic acids is 2. The van der Waals surface area contributed by atoms with Crippen LogP contribution in [0.4, 0.5) is 5.69 Å². The van der Waals surface area contributed by atoms with Crippen molar-refractivity contribution < 1.29 is 27.5 Å². The van der Waals surface area contributed by atoms with Crippen molar-refractivity contribution in [3.05, 3.63) is 53.1 Å². The number of amides is 1. The normalized spacial score (nSPS) is 15.2. The van der Waals surface area contributed by atoms with E-state index in [-0.39, 0.29) is 21.8 Å². The SMILES string of the molecule is COC(=O)c1ccc(C)c(NC(=O)c2cc(S(=O)(=O)N3CCC(C)CC3)ccc2OC)c1. The van der Waals surface area contributed by atoms with Gasteiger partial charge in [0.05, 0.1) is 30.2 Å². The van der Waals surface area contributed by atoms with Gasteiger partial charge in [-0.1, -0.05) is 13.0 Å². The zero-order chi connectivity index (χ0) is 23.5. The van der Waals surface area contributed by atoms with Crippen LogP contribution in [0.15, 0.2) is 41.3 Å². The Labute approximate surface area is 188 Å². The Morgan fingerprint density at radius 3 is 2.38 bits per heavy atom. The average molecular weight is 461 g/mol. The molecule has 0 spiro atoms. The van der Waals surface area contributed by atoms with Crippen molar-refractivity contribution in [1.82, 2.24) is 4.31 Å². The highest BCUT2D eigenvalue weighted by molar-refractivity contribution is 7.89. The van der Waals surface area contributed by atoms with Crippen LogP contribution in [0, 0.1) is 12.8 Å². The van der Waals surface area contributed by atoms with Crippen LogP contribution < -0.4 is 10.1 Å². The minimum atomic E-state index is -3.73. The molecule has 2 aromatic rings. The summed E-state index contributed by atoms with van der Waals surface area (Å²) in [5.41, 5.74) is 1.52. The fraction of sp³-hybridized carbons (Fsp3) is 0.391. The molecule has 1 N–H and O–H groups in total. The molecule has 0 atom stereocenters. The van der Waals surface area contributed by atoms with E-state index >= 15 is 0 Å². The molecule has 1 aliphatic heterocycles.